The standard InChI is InChI=1S/C9H14N4O3/c1-5(8(11)14)3-13-4-6(10)7(12-13)9(15)16-2/h4-5H,3,10H2,1-2H3,(H2,11,14). The second-order valence-corrected chi connectivity index (χ2v) is 3.45. The number of carbonyl (C=O) groups excluding carboxylic acids is 2. The normalized spacial score (nSPS) is 12.1. The van der Waals surface area contributed by atoms with Crippen molar-refractivity contribution in [2.75, 3.05) is 12.8 Å². The zero-order valence-corrected chi connectivity index (χ0v) is 9.14. The molecule has 4 N–H and O–H groups in total. The number of rotatable bonds is 4. The molecule has 0 fully saturated rings. The fourth-order valence-electron chi connectivity index (χ4n) is 1.16. The molecule has 1 atom stereocenters. The highest BCUT2D eigenvalue weighted by molar-refractivity contribution is 5.92. The molecule has 0 aliphatic heterocycles. The highest BCUT2D eigenvalue weighted by Crippen LogP contribution is 2.11. The van der Waals surface area contributed by atoms with Gasteiger partial charge in [0.05, 0.1) is 25.3 Å². The molecular formula is C9H14N4O3. The van der Waals surface area contributed by atoms with Gasteiger partial charge in [0.1, 0.15) is 0 Å². The van der Waals surface area contributed by atoms with Crippen molar-refractivity contribution in [1.29, 1.82) is 0 Å². The molecule has 0 spiro atoms. The van der Waals surface area contributed by atoms with E-state index in [1.54, 1.807) is 6.92 Å². The molecule has 1 unspecified atom stereocenters. The molecule has 1 rings (SSSR count). The van der Waals surface area contributed by atoms with E-state index in [1.165, 1.54) is 18.0 Å². The maximum absolute atomic E-state index is 11.2. The average molecular weight is 226 g/mol. The quantitative estimate of drug-likeness (QED) is 0.664. The fourth-order valence-corrected chi connectivity index (χ4v) is 1.16. The summed E-state index contributed by atoms with van der Waals surface area (Å²) in [5, 5.41) is 3.91. The Kier molecular flexibility index (Phi) is 3.49. The van der Waals surface area contributed by atoms with E-state index in [2.05, 4.69) is 9.84 Å². The van der Waals surface area contributed by atoms with E-state index in [-0.39, 0.29) is 23.8 Å². The minimum Gasteiger partial charge on any atom is -0.464 e. The van der Waals surface area contributed by atoms with Crippen LogP contribution in [0.25, 0.3) is 0 Å². The Balaban J connectivity index is 2.85. The number of anilines is 1. The fraction of sp³-hybridized carbons (Fsp3) is 0.444. The number of nitrogens with zero attached hydrogens (tertiary/aromatic N) is 2. The maximum Gasteiger partial charge on any atom is 0.360 e. The highest BCUT2D eigenvalue weighted by atomic mass is 16.5. The van der Waals surface area contributed by atoms with Gasteiger partial charge >= 0.3 is 5.97 Å². The summed E-state index contributed by atoms with van der Waals surface area (Å²) in [6, 6.07) is 0. The number of methoxy groups -OCH3 is 1. The van der Waals surface area contributed by atoms with Crippen molar-refractivity contribution in [3.8, 4) is 0 Å². The van der Waals surface area contributed by atoms with Crippen molar-refractivity contribution in [2.24, 2.45) is 11.7 Å². The number of hydrogen-bond acceptors (Lipinski definition) is 5. The van der Waals surface area contributed by atoms with Crippen LogP contribution in [0.4, 0.5) is 5.69 Å². The minimum atomic E-state index is -0.608. The van der Waals surface area contributed by atoms with Crippen LogP contribution in [-0.2, 0) is 16.1 Å². The molecule has 0 saturated carbocycles. The molecule has 7 heteroatoms. The second-order valence-electron chi connectivity index (χ2n) is 3.45. The first-order valence-electron chi connectivity index (χ1n) is 4.66. The van der Waals surface area contributed by atoms with Crippen molar-refractivity contribution >= 4 is 17.6 Å². The van der Waals surface area contributed by atoms with Crippen molar-refractivity contribution in [3.63, 3.8) is 0 Å². The number of ether oxygens (including phenoxy) is 1. The Bertz CT molecular complexity index is 413. The van der Waals surface area contributed by atoms with E-state index >= 15 is 0 Å². The van der Waals surface area contributed by atoms with E-state index in [0.29, 0.717) is 0 Å². The van der Waals surface area contributed by atoms with Crippen molar-refractivity contribution in [1.82, 2.24) is 9.78 Å². The largest absolute Gasteiger partial charge is 0.464 e. The molecule has 0 aliphatic rings. The summed E-state index contributed by atoms with van der Waals surface area (Å²) in [6.07, 6.45) is 1.46. The van der Waals surface area contributed by atoms with Crippen LogP contribution in [0.1, 0.15) is 17.4 Å². The topological polar surface area (TPSA) is 113 Å². The lowest BCUT2D eigenvalue weighted by atomic mass is 10.2. The Morgan fingerprint density at radius 1 is 1.62 bits per heavy atom. The number of carbonyl (C=O) groups is 2. The van der Waals surface area contributed by atoms with E-state index in [1.807, 2.05) is 0 Å². The van der Waals surface area contributed by atoms with Crippen LogP contribution in [0.2, 0.25) is 0 Å². The third-order valence-corrected chi connectivity index (χ3v) is 2.12. The molecule has 88 valence electrons. The predicted octanol–water partition coefficient (Wildman–Crippen LogP) is -0.627. The van der Waals surface area contributed by atoms with Gasteiger partial charge in [-0.2, -0.15) is 5.10 Å². The van der Waals surface area contributed by atoms with Gasteiger partial charge in [0.2, 0.25) is 5.91 Å². The lowest BCUT2D eigenvalue weighted by Crippen LogP contribution is -2.25. The van der Waals surface area contributed by atoms with Gasteiger partial charge in [0, 0.05) is 6.20 Å². The third-order valence-electron chi connectivity index (χ3n) is 2.12. The Morgan fingerprint density at radius 3 is 2.75 bits per heavy atom. The Labute approximate surface area is 92.3 Å². The predicted molar refractivity (Wildman–Crippen MR) is 56.3 cm³/mol. The van der Waals surface area contributed by atoms with Crippen LogP contribution in [0.15, 0.2) is 6.20 Å². The van der Waals surface area contributed by atoms with Crippen LogP contribution in [-0.4, -0.2) is 28.8 Å². The number of hydrogen-bond donors (Lipinski definition) is 2. The molecular weight excluding hydrogens is 212 g/mol. The molecule has 16 heavy (non-hydrogen) atoms. The first-order valence-corrected chi connectivity index (χ1v) is 4.66. The summed E-state index contributed by atoms with van der Waals surface area (Å²) >= 11 is 0. The summed E-state index contributed by atoms with van der Waals surface area (Å²) < 4.78 is 5.90. The number of amides is 1. The van der Waals surface area contributed by atoms with Crippen molar-refractivity contribution < 1.29 is 14.3 Å². The Hall–Kier alpha value is -2.05. The lowest BCUT2D eigenvalue weighted by Gasteiger charge is -2.06. The number of aromatic nitrogens is 2. The minimum absolute atomic E-state index is 0.0409. The van der Waals surface area contributed by atoms with Crippen LogP contribution in [0.5, 0.6) is 0 Å². The number of esters is 1. The molecule has 0 radical (unpaired) electrons. The molecule has 0 aliphatic carbocycles. The van der Waals surface area contributed by atoms with E-state index < -0.39 is 11.9 Å². The van der Waals surface area contributed by atoms with Gasteiger partial charge < -0.3 is 16.2 Å². The smallest absolute Gasteiger partial charge is 0.360 e. The number of nitrogen functional groups attached to an aromatic ring is 1. The molecule has 0 saturated heterocycles. The molecule has 1 heterocycles. The van der Waals surface area contributed by atoms with Crippen LogP contribution in [0.3, 0.4) is 0 Å². The van der Waals surface area contributed by atoms with E-state index in [4.69, 9.17) is 11.5 Å². The first-order chi connectivity index (χ1) is 7.45. The van der Waals surface area contributed by atoms with E-state index in [0.717, 1.165) is 0 Å². The molecule has 1 aromatic heterocycles. The number of nitrogens with two attached hydrogens (primary N) is 2. The van der Waals surface area contributed by atoms with Gasteiger partial charge in [-0.1, -0.05) is 6.92 Å². The number of primary amides is 1. The monoisotopic (exact) mass is 226 g/mol. The zero-order chi connectivity index (χ0) is 12.3. The van der Waals surface area contributed by atoms with Gasteiger partial charge in [0.15, 0.2) is 5.69 Å². The zero-order valence-electron chi connectivity index (χ0n) is 9.14. The van der Waals surface area contributed by atoms with Gasteiger partial charge in [-0.25, -0.2) is 4.79 Å². The summed E-state index contributed by atoms with van der Waals surface area (Å²) in [5.41, 5.74) is 10.9. The summed E-state index contributed by atoms with van der Waals surface area (Å²) in [4.78, 5) is 22.0. The van der Waals surface area contributed by atoms with Crippen molar-refractivity contribution in [2.45, 2.75) is 13.5 Å². The van der Waals surface area contributed by atoms with Crippen LogP contribution in [0, 0.1) is 5.92 Å². The van der Waals surface area contributed by atoms with Crippen LogP contribution < -0.4 is 11.5 Å². The summed E-state index contributed by atoms with van der Waals surface area (Å²) in [7, 11) is 1.24. The Morgan fingerprint density at radius 2 is 2.25 bits per heavy atom. The second kappa shape index (κ2) is 4.65. The van der Waals surface area contributed by atoms with Gasteiger partial charge in [-0.05, 0) is 0 Å². The molecule has 7 nitrogen and oxygen atoms in total. The van der Waals surface area contributed by atoms with Crippen LogP contribution >= 0.6 is 0 Å². The third kappa shape index (κ3) is 2.50. The van der Waals surface area contributed by atoms with Crippen molar-refractivity contribution in [3.05, 3.63) is 11.9 Å². The lowest BCUT2D eigenvalue weighted by molar-refractivity contribution is -0.121. The first kappa shape index (κ1) is 12.0. The summed E-state index contributed by atoms with van der Waals surface area (Å²) in [5.74, 6) is -1.43. The van der Waals surface area contributed by atoms with Gasteiger partial charge in [-0.3, -0.25) is 9.48 Å². The SMILES string of the molecule is COC(=O)c1nn(CC(C)C(N)=O)cc1N. The average Bonchev–Trinajstić information content (AvgIpc) is 2.58. The maximum atomic E-state index is 11.2. The highest BCUT2D eigenvalue weighted by Gasteiger charge is 2.17. The summed E-state index contributed by atoms with van der Waals surface area (Å²) in [6.45, 7) is 1.94. The van der Waals surface area contributed by atoms with Gasteiger partial charge in [0.25, 0.3) is 0 Å². The molecule has 0 aromatic carbocycles. The molecule has 1 aromatic rings. The molecule has 1 amide bonds. The van der Waals surface area contributed by atoms with E-state index in [9.17, 15) is 9.59 Å². The molecule has 0 bridgehead atoms. The van der Waals surface area contributed by atoms with Gasteiger partial charge in [-0.15, -0.1) is 0 Å².